The highest BCUT2D eigenvalue weighted by molar-refractivity contribution is 7.47. The van der Waals surface area contributed by atoms with E-state index in [-0.39, 0.29) is 25.7 Å². The molecule has 0 amide bonds. The maximum Gasteiger partial charge on any atom is 0.472 e. The SMILES string of the molecule is CCCCCCCCCCCCCCCCCCCCC(=O)O[C@H](COC(=O)CCCCCCCCCCCCC(C)CC)COP(=O)(O)OC[C@@H](O)COP(=O)(O)OC[C@@H](COC(=O)CCCCCCC)OC(=O)CCCCCCCCCC. The van der Waals surface area contributed by atoms with E-state index in [0.717, 1.165) is 109 Å². The zero-order valence-electron chi connectivity index (χ0n) is 54.7. The van der Waals surface area contributed by atoms with Gasteiger partial charge in [0.05, 0.1) is 26.4 Å². The molecule has 19 heteroatoms. The number of esters is 4. The van der Waals surface area contributed by atoms with Crippen LogP contribution in [0.4, 0.5) is 0 Å². The van der Waals surface area contributed by atoms with Crippen molar-refractivity contribution in [1.82, 2.24) is 0 Å². The van der Waals surface area contributed by atoms with Crippen LogP contribution in [0.2, 0.25) is 0 Å². The van der Waals surface area contributed by atoms with Gasteiger partial charge >= 0.3 is 39.5 Å². The molecule has 0 radical (unpaired) electrons. The predicted octanol–water partition coefficient (Wildman–Crippen LogP) is 18.6. The number of unbranched alkanes of at least 4 members (excludes halogenated alkanes) is 37. The van der Waals surface area contributed by atoms with Crippen LogP contribution in [0.3, 0.4) is 0 Å². The van der Waals surface area contributed by atoms with E-state index in [1.807, 2.05) is 0 Å². The highest BCUT2D eigenvalue weighted by atomic mass is 31.2. The van der Waals surface area contributed by atoms with Crippen LogP contribution in [0.1, 0.15) is 336 Å². The zero-order valence-corrected chi connectivity index (χ0v) is 56.5. The molecule has 0 saturated carbocycles. The quantitative estimate of drug-likeness (QED) is 0.0222. The van der Waals surface area contributed by atoms with Gasteiger partial charge in [0.15, 0.2) is 12.2 Å². The standard InChI is InChI=1S/C66H128O17P2/c1-6-10-13-16-18-20-21-22-23-24-25-26-27-28-33-37-42-47-52-66(71)83-62(56-77-64(69)50-45-40-36-32-30-29-31-34-39-43-48-59(5)9-4)58-81-85(74,75)79-54-60(67)53-78-84(72,73)80-57-61(55-76-63(68)49-44-38-15-12-8-3)82-65(70)51-46-41-35-19-17-14-11-7-2/h59-62,67H,6-58H2,1-5H3,(H,72,73)(H,74,75)/t59?,60-,61+,62+/m0/s1. The van der Waals surface area contributed by atoms with Crippen LogP contribution in [0.15, 0.2) is 0 Å². The van der Waals surface area contributed by atoms with Crippen molar-refractivity contribution in [3.05, 3.63) is 0 Å². The van der Waals surface area contributed by atoms with Crippen molar-refractivity contribution < 1.29 is 80.2 Å². The maximum absolute atomic E-state index is 13.0. The van der Waals surface area contributed by atoms with Crippen LogP contribution in [-0.4, -0.2) is 96.7 Å². The van der Waals surface area contributed by atoms with Crippen LogP contribution in [-0.2, 0) is 65.4 Å². The topological polar surface area (TPSA) is 237 Å². The average Bonchev–Trinajstić information content (AvgIpc) is 3.60. The third kappa shape index (κ3) is 59.5. The van der Waals surface area contributed by atoms with E-state index in [0.29, 0.717) is 25.7 Å². The molecule has 3 unspecified atom stereocenters. The molecule has 0 aliphatic heterocycles. The van der Waals surface area contributed by atoms with Gasteiger partial charge in [-0.15, -0.1) is 0 Å². The minimum absolute atomic E-state index is 0.104. The number of phosphoric ester groups is 2. The second-order valence-corrected chi connectivity index (χ2v) is 27.0. The first kappa shape index (κ1) is 83.1. The molecule has 85 heavy (non-hydrogen) atoms. The van der Waals surface area contributed by atoms with E-state index in [1.165, 1.54) is 148 Å². The highest BCUT2D eigenvalue weighted by Gasteiger charge is 2.30. The molecule has 0 aromatic carbocycles. The molecule has 0 saturated heterocycles. The Morgan fingerprint density at radius 1 is 0.329 bits per heavy atom. The fourth-order valence-electron chi connectivity index (χ4n) is 9.90. The van der Waals surface area contributed by atoms with Gasteiger partial charge in [-0.25, -0.2) is 9.13 Å². The molecular weight excluding hydrogens is 1130 g/mol. The molecule has 0 fully saturated rings. The number of carbonyl (C=O) groups excluding carboxylic acids is 4. The van der Waals surface area contributed by atoms with Gasteiger partial charge in [0.2, 0.25) is 0 Å². The van der Waals surface area contributed by atoms with Crippen molar-refractivity contribution in [2.24, 2.45) is 5.92 Å². The highest BCUT2D eigenvalue weighted by Crippen LogP contribution is 2.45. The van der Waals surface area contributed by atoms with Crippen molar-refractivity contribution in [2.75, 3.05) is 39.6 Å². The zero-order chi connectivity index (χ0) is 62.8. The van der Waals surface area contributed by atoms with Crippen molar-refractivity contribution in [2.45, 2.75) is 355 Å². The number of rotatable bonds is 66. The van der Waals surface area contributed by atoms with Crippen LogP contribution in [0, 0.1) is 5.92 Å². The Labute approximate surface area is 517 Å². The number of carbonyl (C=O) groups is 4. The molecule has 0 aliphatic carbocycles. The summed E-state index contributed by atoms with van der Waals surface area (Å²) in [5.74, 6) is -1.33. The van der Waals surface area contributed by atoms with E-state index >= 15 is 0 Å². The third-order valence-electron chi connectivity index (χ3n) is 15.6. The number of phosphoric acid groups is 2. The smallest absolute Gasteiger partial charge is 0.462 e. The van der Waals surface area contributed by atoms with Gasteiger partial charge in [0.1, 0.15) is 19.3 Å². The Morgan fingerprint density at radius 2 is 0.565 bits per heavy atom. The second-order valence-electron chi connectivity index (χ2n) is 24.1. The Kier molecular flexibility index (Phi) is 58.3. The first-order valence-corrected chi connectivity index (χ1v) is 37.7. The number of aliphatic hydroxyl groups is 1. The molecule has 0 heterocycles. The van der Waals surface area contributed by atoms with Crippen molar-refractivity contribution in [3.8, 4) is 0 Å². The van der Waals surface area contributed by atoms with Gasteiger partial charge in [0, 0.05) is 25.7 Å². The van der Waals surface area contributed by atoms with E-state index < -0.39 is 97.5 Å². The number of hydrogen-bond donors (Lipinski definition) is 3. The summed E-state index contributed by atoms with van der Waals surface area (Å²) in [4.78, 5) is 72.0. The Morgan fingerprint density at radius 3 is 0.835 bits per heavy atom. The van der Waals surface area contributed by atoms with Gasteiger partial charge in [-0.2, -0.15) is 0 Å². The van der Waals surface area contributed by atoms with E-state index in [4.69, 9.17) is 37.0 Å². The summed E-state index contributed by atoms with van der Waals surface area (Å²) in [6.45, 7) is 7.13. The van der Waals surface area contributed by atoms with Gasteiger partial charge in [-0.05, 0) is 31.6 Å². The molecule has 0 aromatic rings. The van der Waals surface area contributed by atoms with Gasteiger partial charge < -0.3 is 33.8 Å². The van der Waals surface area contributed by atoms with Crippen molar-refractivity contribution in [1.29, 1.82) is 0 Å². The molecule has 0 rings (SSSR count). The van der Waals surface area contributed by atoms with Gasteiger partial charge in [0.25, 0.3) is 0 Å². The second kappa shape index (κ2) is 59.7. The number of ether oxygens (including phenoxy) is 4. The van der Waals surface area contributed by atoms with Crippen LogP contribution in [0.25, 0.3) is 0 Å². The van der Waals surface area contributed by atoms with E-state index in [2.05, 4.69) is 34.6 Å². The molecule has 3 N–H and O–H groups in total. The number of aliphatic hydroxyl groups excluding tert-OH is 1. The predicted molar refractivity (Wildman–Crippen MR) is 340 cm³/mol. The minimum atomic E-state index is -4.95. The lowest BCUT2D eigenvalue weighted by molar-refractivity contribution is -0.161. The number of hydrogen-bond acceptors (Lipinski definition) is 15. The Balaban J connectivity index is 5.14. The fourth-order valence-corrected chi connectivity index (χ4v) is 11.5. The summed E-state index contributed by atoms with van der Waals surface area (Å²) >= 11 is 0. The first-order chi connectivity index (χ1) is 41.1. The lowest BCUT2D eigenvalue weighted by atomic mass is 9.99. The van der Waals surface area contributed by atoms with Gasteiger partial charge in [-0.3, -0.25) is 37.3 Å². The van der Waals surface area contributed by atoms with Crippen LogP contribution < -0.4 is 0 Å². The third-order valence-corrected chi connectivity index (χ3v) is 17.5. The lowest BCUT2D eigenvalue weighted by Crippen LogP contribution is -2.30. The van der Waals surface area contributed by atoms with Crippen LogP contribution in [0.5, 0.6) is 0 Å². The average molecular weight is 1260 g/mol. The summed E-state index contributed by atoms with van der Waals surface area (Å²) in [6, 6.07) is 0. The van der Waals surface area contributed by atoms with Crippen molar-refractivity contribution in [3.63, 3.8) is 0 Å². The molecule has 0 bridgehead atoms. The molecule has 17 nitrogen and oxygen atoms in total. The maximum atomic E-state index is 13.0. The minimum Gasteiger partial charge on any atom is -0.462 e. The van der Waals surface area contributed by atoms with E-state index in [9.17, 15) is 43.2 Å². The van der Waals surface area contributed by atoms with Gasteiger partial charge in [-0.1, -0.05) is 285 Å². The summed E-state index contributed by atoms with van der Waals surface area (Å²) in [5, 5.41) is 10.5. The molecule has 6 atom stereocenters. The summed E-state index contributed by atoms with van der Waals surface area (Å²) in [5.41, 5.74) is 0. The Hall–Kier alpha value is -1.94. The Bertz CT molecular complexity index is 1650. The molecule has 504 valence electrons. The van der Waals surface area contributed by atoms with E-state index in [1.54, 1.807) is 0 Å². The summed E-state index contributed by atoms with van der Waals surface area (Å²) < 4.78 is 67.8. The monoisotopic (exact) mass is 1250 g/mol. The molecule has 0 spiro atoms. The largest absolute Gasteiger partial charge is 0.472 e. The lowest BCUT2D eigenvalue weighted by Gasteiger charge is -2.21. The molecule has 0 aliphatic rings. The van der Waals surface area contributed by atoms with Crippen LogP contribution >= 0.6 is 15.6 Å². The summed E-state index contributed by atoms with van der Waals surface area (Å²) in [7, 11) is -9.88. The fraction of sp³-hybridized carbons (Fsp3) is 0.939. The van der Waals surface area contributed by atoms with Crippen molar-refractivity contribution >= 4 is 39.5 Å². The summed E-state index contributed by atoms with van der Waals surface area (Å²) in [6.07, 6.45) is 44.9. The normalized spacial score (nSPS) is 14.5. The first-order valence-electron chi connectivity index (χ1n) is 34.7. The molecule has 0 aromatic heterocycles. The molecular formula is C66H128O17P2.